The van der Waals surface area contributed by atoms with E-state index in [9.17, 15) is 0 Å². The van der Waals surface area contributed by atoms with Gasteiger partial charge in [0.05, 0.1) is 5.69 Å². The number of hydrogen-bond acceptors (Lipinski definition) is 4. The van der Waals surface area contributed by atoms with E-state index in [1.807, 2.05) is 0 Å². The highest BCUT2D eigenvalue weighted by Gasteiger charge is 2.24. The van der Waals surface area contributed by atoms with Crippen LogP contribution in [0.5, 0.6) is 0 Å². The molecule has 1 aromatic heterocycles. The van der Waals surface area contributed by atoms with Crippen LogP contribution < -0.4 is 10.2 Å². The third-order valence-corrected chi connectivity index (χ3v) is 5.50. The third-order valence-electron chi connectivity index (χ3n) is 4.52. The highest BCUT2D eigenvalue weighted by atomic mass is 32.1. The maximum absolute atomic E-state index is 4.78. The molecule has 0 aliphatic heterocycles. The number of anilines is 1. The van der Waals surface area contributed by atoms with Crippen LogP contribution in [0.2, 0.25) is 0 Å². The van der Waals surface area contributed by atoms with Crippen LogP contribution in [0.3, 0.4) is 0 Å². The van der Waals surface area contributed by atoms with Crippen molar-refractivity contribution in [3.63, 3.8) is 0 Å². The van der Waals surface area contributed by atoms with Gasteiger partial charge >= 0.3 is 0 Å². The summed E-state index contributed by atoms with van der Waals surface area (Å²) in [6.45, 7) is 6.50. The molecule has 1 aromatic rings. The zero-order valence-electron chi connectivity index (χ0n) is 13.2. The number of aromatic nitrogens is 1. The molecule has 0 radical (unpaired) electrons. The molecule has 0 bridgehead atoms. The molecule has 114 valence electrons. The average molecular weight is 295 g/mol. The molecule has 3 nitrogen and oxygen atoms in total. The Morgan fingerprint density at radius 3 is 2.70 bits per heavy atom. The van der Waals surface area contributed by atoms with E-state index in [-0.39, 0.29) is 0 Å². The van der Waals surface area contributed by atoms with E-state index in [1.54, 1.807) is 11.3 Å². The lowest BCUT2D eigenvalue weighted by atomic mass is 9.84. The smallest absolute Gasteiger partial charge is 0.185 e. The highest BCUT2D eigenvalue weighted by molar-refractivity contribution is 7.13. The molecular weight excluding hydrogens is 266 g/mol. The van der Waals surface area contributed by atoms with Crippen LogP contribution in [-0.2, 0) is 6.54 Å². The third kappa shape index (κ3) is 4.19. The van der Waals surface area contributed by atoms with Crippen LogP contribution in [0.15, 0.2) is 5.38 Å². The Balaban J connectivity index is 1.84. The van der Waals surface area contributed by atoms with Crippen molar-refractivity contribution in [2.45, 2.75) is 65.0 Å². The molecule has 1 N–H and O–H groups in total. The zero-order valence-corrected chi connectivity index (χ0v) is 14.0. The largest absolute Gasteiger partial charge is 0.348 e. The van der Waals surface area contributed by atoms with Crippen LogP contribution in [0.25, 0.3) is 0 Å². The lowest BCUT2D eigenvalue weighted by Crippen LogP contribution is -2.35. The summed E-state index contributed by atoms with van der Waals surface area (Å²) < 4.78 is 0. The molecule has 1 aliphatic rings. The number of nitrogens with one attached hydrogen (secondary N) is 1. The van der Waals surface area contributed by atoms with E-state index in [1.165, 1.54) is 49.4 Å². The molecule has 20 heavy (non-hydrogen) atoms. The van der Waals surface area contributed by atoms with Gasteiger partial charge in [-0.2, -0.15) is 0 Å². The molecule has 2 rings (SSSR count). The number of thiazole rings is 1. The van der Waals surface area contributed by atoms with Crippen molar-refractivity contribution in [2.24, 2.45) is 5.92 Å². The topological polar surface area (TPSA) is 28.2 Å². The van der Waals surface area contributed by atoms with Crippen molar-refractivity contribution in [3.05, 3.63) is 11.1 Å². The first kappa shape index (κ1) is 15.8. The zero-order chi connectivity index (χ0) is 14.4. The van der Waals surface area contributed by atoms with Crippen LogP contribution in [0, 0.1) is 5.92 Å². The molecule has 0 spiro atoms. The molecule has 0 atom stereocenters. The maximum atomic E-state index is 4.78. The number of rotatable bonds is 7. The summed E-state index contributed by atoms with van der Waals surface area (Å²) in [7, 11) is 2.22. The highest BCUT2D eigenvalue weighted by Crippen LogP contribution is 2.32. The second-order valence-electron chi connectivity index (χ2n) is 5.99. The molecule has 0 amide bonds. The van der Waals surface area contributed by atoms with E-state index in [4.69, 9.17) is 4.98 Å². The molecular formula is C16H29N3S. The molecule has 1 aliphatic carbocycles. The fourth-order valence-corrected chi connectivity index (χ4v) is 3.89. The van der Waals surface area contributed by atoms with Gasteiger partial charge in [-0.1, -0.05) is 20.3 Å². The van der Waals surface area contributed by atoms with Crippen LogP contribution >= 0.6 is 11.3 Å². The predicted molar refractivity (Wildman–Crippen MR) is 88.6 cm³/mol. The first-order valence-electron chi connectivity index (χ1n) is 8.12. The van der Waals surface area contributed by atoms with Gasteiger partial charge in [-0.05, 0) is 44.6 Å². The van der Waals surface area contributed by atoms with Crippen LogP contribution in [-0.4, -0.2) is 24.6 Å². The van der Waals surface area contributed by atoms with Gasteiger partial charge in [0, 0.05) is 25.0 Å². The van der Waals surface area contributed by atoms with E-state index < -0.39 is 0 Å². The summed E-state index contributed by atoms with van der Waals surface area (Å²) in [6.07, 6.45) is 7.97. The molecule has 0 unspecified atom stereocenters. The summed E-state index contributed by atoms with van der Waals surface area (Å²) in [5, 5.41) is 6.82. The average Bonchev–Trinajstić information content (AvgIpc) is 2.96. The van der Waals surface area contributed by atoms with Gasteiger partial charge in [0.2, 0.25) is 0 Å². The van der Waals surface area contributed by atoms with Gasteiger partial charge in [-0.3, -0.25) is 0 Å². The van der Waals surface area contributed by atoms with Crippen LogP contribution in [0.4, 0.5) is 5.13 Å². The number of hydrogen-bond donors (Lipinski definition) is 1. The lowest BCUT2D eigenvalue weighted by Gasteiger charge is -2.34. The van der Waals surface area contributed by atoms with Gasteiger partial charge in [0.15, 0.2) is 5.13 Å². The van der Waals surface area contributed by atoms with Crippen molar-refractivity contribution in [3.8, 4) is 0 Å². The second-order valence-corrected chi connectivity index (χ2v) is 6.83. The lowest BCUT2D eigenvalue weighted by molar-refractivity contribution is 0.313. The minimum Gasteiger partial charge on any atom is -0.348 e. The van der Waals surface area contributed by atoms with Crippen molar-refractivity contribution >= 4 is 16.5 Å². The van der Waals surface area contributed by atoms with Crippen molar-refractivity contribution < 1.29 is 0 Å². The first-order valence-corrected chi connectivity index (χ1v) is 9.00. The maximum Gasteiger partial charge on any atom is 0.185 e. The van der Waals surface area contributed by atoms with Gasteiger partial charge in [0.25, 0.3) is 0 Å². The van der Waals surface area contributed by atoms with E-state index in [2.05, 4.69) is 36.5 Å². The standard InChI is InChI=1S/C16H29N3S/c1-4-10-17-11-14-12-20-16(18-14)19(3)15-8-6-13(5-2)7-9-15/h12-13,15,17H,4-11H2,1-3H3. The number of nitrogens with zero attached hydrogens (tertiary/aromatic N) is 2. The Morgan fingerprint density at radius 1 is 1.30 bits per heavy atom. The fraction of sp³-hybridized carbons (Fsp3) is 0.812. The molecule has 1 fully saturated rings. The fourth-order valence-electron chi connectivity index (χ4n) is 3.03. The Labute approximate surface area is 127 Å². The summed E-state index contributed by atoms with van der Waals surface area (Å²) >= 11 is 1.79. The molecule has 1 heterocycles. The molecule has 4 heteroatoms. The summed E-state index contributed by atoms with van der Waals surface area (Å²) in [4.78, 5) is 7.19. The SMILES string of the molecule is CCCNCc1csc(N(C)C2CCC(CC)CC2)n1. The van der Waals surface area contributed by atoms with Crippen molar-refractivity contribution in [2.75, 3.05) is 18.5 Å². The molecule has 1 saturated carbocycles. The Morgan fingerprint density at radius 2 is 2.05 bits per heavy atom. The minimum absolute atomic E-state index is 0.695. The molecule has 0 aromatic carbocycles. The predicted octanol–water partition coefficient (Wildman–Crippen LogP) is 4.05. The van der Waals surface area contributed by atoms with Crippen molar-refractivity contribution in [1.82, 2.24) is 10.3 Å². The van der Waals surface area contributed by atoms with Gasteiger partial charge in [-0.25, -0.2) is 4.98 Å². The van der Waals surface area contributed by atoms with E-state index in [0.717, 1.165) is 19.0 Å². The van der Waals surface area contributed by atoms with Crippen LogP contribution in [0.1, 0.15) is 58.1 Å². The summed E-state index contributed by atoms with van der Waals surface area (Å²) in [5.41, 5.74) is 1.19. The quantitative estimate of drug-likeness (QED) is 0.769. The monoisotopic (exact) mass is 295 g/mol. The van der Waals surface area contributed by atoms with E-state index in [0.29, 0.717) is 6.04 Å². The van der Waals surface area contributed by atoms with Crippen molar-refractivity contribution in [1.29, 1.82) is 0 Å². The Hall–Kier alpha value is -0.610. The first-order chi connectivity index (χ1) is 9.74. The Bertz CT molecular complexity index is 383. The van der Waals surface area contributed by atoms with E-state index >= 15 is 0 Å². The summed E-state index contributed by atoms with van der Waals surface area (Å²) in [5.74, 6) is 0.963. The summed E-state index contributed by atoms with van der Waals surface area (Å²) in [6, 6.07) is 0.695. The minimum atomic E-state index is 0.695. The van der Waals surface area contributed by atoms with Gasteiger partial charge in [0.1, 0.15) is 0 Å². The Kier molecular flexibility index (Phi) is 6.30. The second kappa shape index (κ2) is 7.99. The van der Waals surface area contributed by atoms with Gasteiger partial charge in [-0.15, -0.1) is 11.3 Å². The normalized spacial score (nSPS) is 22.9. The molecule has 0 saturated heterocycles. The van der Waals surface area contributed by atoms with Gasteiger partial charge < -0.3 is 10.2 Å².